The molecule has 0 unspecified atom stereocenters. The van der Waals surface area contributed by atoms with Gasteiger partial charge in [0.05, 0.1) is 22.4 Å². The molecule has 85 heavy (non-hydrogen) atoms. The molecule has 14 aromatic rings. The minimum atomic E-state index is -0.211. The van der Waals surface area contributed by atoms with E-state index in [1.54, 1.807) is 0 Å². The maximum Gasteiger partial charge on any atom is 0.252 e. The molecule has 12 aromatic carbocycles. The summed E-state index contributed by atoms with van der Waals surface area (Å²) in [4.78, 5) is 2.66. The summed E-state index contributed by atoms with van der Waals surface area (Å²) in [5.74, 6) is 0. The van der Waals surface area contributed by atoms with Crippen LogP contribution in [0.15, 0.2) is 261 Å². The molecule has 16 rings (SSSR count). The number of anilines is 5. The van der Waals surface area contributed by atoms with Crippen molar-refractivity contribution in [3.8, 4) is 61.3 Å². The zero-order valence-corrected chi connectivity index (χ0v) is 49.1. The first-order valence-corrected chi connectivity index (χ1v) is 31.0. The molecule has 0 atom stereocenters. The van der Waals surface area contributed by atoms with Crippen LogP contribution < -0.4 is 26.6 Å². The van der Waals surface area contributed by atoms with Crippen LogP contribution >= 0.6 is 11.3 Å². The summed E-state index contributed by atoms with van der Waals surface area (Å²) < 4.78 is 5.22. The van der Waals surface area contributed by atoms with Gasteiger partial charge in [0.2, 0.25) is 0 Å². The van der Waals surface area contributed by atoms with Crippen LogP contribution in [-0.4, -0.2) is 11.3 Å². The van der Waals surface area contributed by atoms with Crippen molar-refractivity contribution < 1.29 is 0 Å². The van der Waals surface area contributed by atoms with Gasteiger partial charge >= 0.3 is 0 Å². The average Bonchev–Trinajstić information content (AvgIpc) is 1.61. The number of hydrogen-bond donors (Lipinski definition) is 1. The Kier molecular flexibility index (Phi) is 12.2. The van der Waals surface area contributed by atoms with Crippen molar-refractivity contribution in [3.63, 3.8) is 0 Å². The largest absolute Gasteiger partial charge is 0.356 e. The second kappa shape index (κ2) is 20.3. The standard InChI is InChI=1S/C80H62BN3S/c1-5-6-25-55-40-42-62-61-36-21-24-39-73(61)85-79(62)74(55)75-71(83-68-37-22-19-34-59(68)60-35-20-23-38-69(60)83)45-43-65-77(75)82-67-49-58(80(2,3)4)50-72-76(67)81(65)66-48-56(51-26-11-7-12-27-51)41-44-70(66)84(72)78-63(53-30-15-9-16-31-53)46-57(52-28-13-8-14-29-52)47-64(78)54-32-17-10-18-33-54/h7-24,26-50,82H,5-6,25H2,1-4H3. The third-order valence-electron chi connectivity index (χ3n) is 18.1. The molecule has 0 spiro atoms. The Hall–Kier alpha value is -9.68. The van der Waals surface area contributed by atoms with Crippen LogP contribution in [-0.2, 0) is 11.8 Å². The third-order valence-corrected chi connectivity index (χ3v) is 19.3. The van der Waals surface area contributed by atoms with E-state index >= 15 is 0 Å². The molecule has 3 nitrogen and oxygen atoms in total. The maximum atomic E-state index is 4.48. The molecule has 5 heteroatoms. The van der Waals surface area contributed by atoms with E-state index in [2.05, 4.69) is 303 Å². The summed E-state index contributed by atoms with van der Waals surface area (Å²) in [6, 6.07) is 98.2. The minimum Gasteiger partial charge on any atom is -0.356 e. The molecule has 406 valence electrons. The number of nitrogens with one attached hydrogen (secondary N) is 1. The van der Waals surface area contributed by atoms with Crippen LogP contribution in [0.4, 0.5) is 28.4 Å². The molecular weight excluding hydrogens is 1050 g/mol. The lowest BCUT2D eigenvalue weighted by atomic mass is 9.33. The summed E-state index contributed by atoms with van der Waals surface area (Å²) in [6.07, 6.45) is 3.17. The Morgan fingerprint density at radius 3 is 1.64 bits per heavy atom. The van der Waals surface area contributed by atoms with Gasteiger partial charge in [-0.25, -0.2) is 0 Å². The SMILES string of the molecule is CCCCc1ccc2c(sc3ccccc32)c1-c1c(-n2c3ccccc3c3ccccc32)ccc2c1Nc1cc(C(C)(C)C)cc3c1B2c1cc(-c2ccccc2)ccc1N3c1c(-c2ccccc2)cc(-c2ccccc2)cc1-c1ccccc1. The fraction of sp³-hybridized carbons (Fsp3) is 0.100. The van der Waals surface area contributed by atoms with Crippen molar-refractivity contribution in [1.82, 2.24) is 4.57 Å². The minimum absolute atomic E-state index is 0.152. The molecule has 2 aromatic heterocycles. The molecule has 2 aliphatic rings. The highest BCUT2D eigenvalue weighted by Crippen LogP contribution is 2.54. The van der Waals surface area contributed by atoms with Gasteiger partial charge in [-0.05, 0) is 134 Å². The number of fused-ring (bicyclic) bond motifs is 10. The van der Waals surface area contributed by atoms with Crippen molar-refractivity contribution in [2.75, 3.05) is 10.2 Å². The monoisotopic (exact) mass is 1110 g/mol. The van der Waals surface area contributed by atoms with E-state index < -0.39 is 0 Å². The fourth-order valence-corrected chi connectivity index (χ4v) is 15.4. The number of para-hydroxylation sites is 2. The van der Waals surface area contributed by atoms with Gasteiger partial charge in [0.25, 0.3) is 6.71 Å². The van der Waals surface area contributed by atoms with E-state index in [0.29, 0.717) is 0 Å². The van der Waals surface area contributed by atoms with Crippen molar-refractivity contribution in [2.24, 2.45) is 0 Å². The first-order valence-electron chi connectivity index (χ1n) is 30.2. The predicted octanol–water partition coefficient (Wildman–Crippen LogP) is 20.5. The van der Waals surface area contributed by atoms with E-state index in [1.165, 1.54) is 137 Å². The van der Waals surface area contributed by atoms with Gasteiger partial charge < -0.3 is 14.8 Å². The Morgan fingerprint density at radius 1 is 0.447 bits per heavy atom. The molecule has 2 aliphatic heterocycles. The van der Waals surface area contributed by atoms with Gasteiger partial charge in [0.1, 0.15) is 0 Å². The second-order valence-corrected chi connectivity index (χ2v) is 25.3. The number of unbranched alkanes of at least 4 members (excludes halogenated alkanes) is 1. The molecule has 0 fully saturated rings. The van der Waals surface area contributed by atoms with E-state index in [1.807, 2.05) is 11.3 Å². The molecule has 0 amide bonds. The highest BCUT2D eigenvalue weighted by atomic mass is 32.1. The van der Waals surface area contributed by atoms with Crippen LogP contribution in [0.3, 0.4) is 0 Å². The van der Waals surface area contributed by atoms with Gasteiger partial charge in [0.15, 0.2) is 0 Å². The Balaban J connectivity index is 1.06. The Bertz CT molecular complexity index is 4820. The number of hydrogen-bond acceptors (Lipinski definition) is 3. The smallest absolute Gasteiger partial charge is 0.252 e. The van der Waals surface area contributed by atoms with Gasteiger partial charge in [0, 0.05) is 75.9 Å². The lowest BCUT2D eigenvalue weighted by Gasteiger charge is -2.43. The molecule has 0 saturated carbocycles. The van der Waals surface area contributed by atoms with Crippen LogP contribution in [0.2, 0.25) is 0 Å². The first-order chi connectivity index (χ1) is 41.8. The van der Waals surface area contributed by atoms with Crippen LogP contribution in [0.5, 0.6) is 0 Å². The lowest BCUT2D eigenvalue weighted by molar-refractivity contribution is 0.591. The normalized spacial score (nSPS) is 12.7. The number of thiophene rings is 1. The lowest BCUT2D eigenvalue weighted by Crippen LogP contribution is -2.60. The summed E-state index contributed by atoms with van der Waals surface area (Å²) in [5, 5.41) is 9.60. The first kappa shape index (κ1) is 51.0. The van der Waals surface area contributed by atoms with E-state index in [4.69, 9.17) is 0 Å². The highest BCUT2D eigenvalue weighted by Gasteiger charge is 2.44. The number of rotatable bonds is 10. The number of benzene rings is 12. The topological polar surface area (TPSA) is 20.2 Å². The maximum absolute atomic E-state index is 4.48. The molecule has 0 saturated heterocycles. The zero-order chi connectivity index (χ0) is 56.9. The Morgan fingerprint density at radius 2 is 1.01 bits per heavy atom. The summed E-state index contributed by atoms with van der Waals surface area (Å²) in [5.41, 5.74) is 27.7. The van der Waals surface area contributed by atoms with Gasteiger partial charge in [-0.3, -0.25) is 0 Å². The third kappa shape index (κ3) is 8.31. The van der Waals surface area contributed by atoms with Crippen molar-refractivity contribution in [3.05, 3.63) is 272 Å². The fourth-order valence-electron chi connectivity index (χ4n) is 14.1. The molecular formula is C80H62BN3S. The Labute approximate surface area is 502 Å². The predicted molar refractivity (Wildman–Crippen MR) is 367 cm³/mol. The van der Waals surface area contributed by atoms with Crippen LogP contribution in [0.1, 0.15) is 51.7 Å². The quantitative estimate of drug-likeness (QED) is 0.138. The zero-order valence-electron chi connectivity index (χ0n) is 48.3. The van der Waals surface area contributed by atoms with E-state index in [-0.39, 0.29) is 12.1 Å². The van der Waals surface area contributed by atoms with Gasteiger partial charge in [-0.15, -0.1) is 11.3 Å². The van der Waals surface area contributed by atoms with Crippen molar-refractivity contribution >= 4 is 105 Å². The average molecular weight is 1110 g/mol. The van der Waals surface area contributed by atoms with E-state index in [9.17, 15) is 0 Å². The molecule has 0 radical (unpaired) electrons. The molecule has 0 bridgehead atoms. The molecule has 0 aliphatic carbocycles. The van der Waals surface area contributed by atoms with Crippen molar-refractivity contribution in [2.45, 2.75) is 52.4 Å². The van der Waals surface area contributed by atoms with E-state index in [0.717, 1.165) is 41.8 Å². The van der Waals surface area contributed by atoms with Gasteiger partial charge in [-0.1, -0.05) is 240 Å². The number of nitrogens with zero attached hydrogens (tertiary/aromatic N) is 2. The van der Waals surface area contributed by atoms with Crippen molar-refractivity contribution in [1.29, 1.82) is 0 Å². The summed E-state index contributed by atoms with van der Waals surface area (Å²) in [7, 11) is 0. The van der Waals surface area contributed by atoms with Gasteiger partial charge in [-0.2, -0.15) is 0 Å². The summed E-state index contributed by atoms with van der Waals surface area (Å²) >= 11 is 1.95. The molecule has 4 heterocycles. The molecule has 1 N–H and O–H groups in total. The number of aryl methyl sites for hydroxylation is 1. The summed E-state index contributed by atoms with van der Waals surface area (Å²) in [6.45, 7) is 9.29. The van der Waals surface area contributed by atoms with Crippen LogP contribution in [0.25, 0.3) is 103 Å². The number of aromatic nitrogens is 1. The highest BCUT2D eigenvalue weighted by molar-refractivity contribution is 7.26. The van der Waals surface area contributed by atoms with Crippen LogP contribution in [0, 0.1) is 0 Å². The second-order valence-electron chi connectivity index (χ2n) is 24.2.